The van der Waals surface area contributed by atoms with Crippen LogP contribution in [0.2, 0.25) is 0 Å². The molecular weight excluding hydrogens is 412 g/mol. The summed E-state index contributed by atoms with van der Waals surface area (Å²) in [5.41, 5.74) is -0.838. The van der Waals surface area contributed by atoms with E-state index < -0.39 is 10.8 Å². The number of carbonyl (C=O) groups excluding carboxylic acids is 2. The maximum atomic E-state index is 13.2. The van der Waals surface area contributed by atoms with E-state index in [0.717, 1.165) is 32.1 Å². The van der Waals surface area contributed by atoms with Crippen LogP contribution in [0.4, 0.5) is 0 Å². The molecule has 184 valence electrons. The Labute approximate surface area is 192 Å². The molecule has 0 aromatic rings. The van der Waals surface area contributed by atoms with Gasteiger partial charge in [0.05, 0.1) is 36.3 Å². The highest BCUT2D eigenvalue weighted by Crippen LogP contribution is 2.65. The highest BCUT2D eigenvalue weighted by molar-refractivity contribution is 5.88. The van der Waals surface area contributed by atoms with E-state index in [4.69, 9.17) is 18.9 Å². The maximum absolute atomic E-state index is 13.2. The van der Waals surface area contributed by atoms with Crippen LogP contribution in [0.15, 0.2) is 0 Å². The van der Waals surface area contributed by atoms with E-state index in [2.05, 4.69) is 10.6 Å². The van der Waals surface area contributed by atoms with Crippen molar-refractivity contribution in [2.24, 2.45) is 22.7 Å². The van der Waals surface area contributed by atoms with E-state index in [1.165, 1.54) is 0 Å². The van der Waals surface area contributed by atoms with Crippen LogP contribution >= 0.6 is 0 Å². The average Bonchev–Trinajstić information content (AvgIpc) is 2.71. The Hall–Kier alpha value is -1.22. The monoisotopic (exact) mass is 454 g/mol. The van der Waals surface area contributed by atoms with Crippen molar-refractivity contribution in [3.63, 3.8) is 0 Å². The van der Waals surface area contributed by atoms with E-state index in [9.17, 15) is 9.59 Å². The molecule has 8 nitrogen and oxygen atoms in total. The van der Waals surface area contributed by atoms with Crippen LogP contribution in [0, 0.1) is 22.7 Å². The van der Waals surface area contributed by atoms with Crippen molar-refractivity contribution in [1.82, 2.24) is 10.6 Å². The molecule has 0 atom stereocenters. The third kappa shape index (κ3) is 6.43. The lowest BCUT2D eigenvalue weighted by atomic mass is 9.43. The lowest BCUT2D eigenvalue weighted by Crippen LogP contribution is -2.61. The molecule has 32 heavy (non-hydrogen) atoms. The smallest absolute Gasteiger partial charge is 0.226 e. The predicted octanol–water partition coefficient (Wildman–Crippen LogP) is 2.60. The molecule has 2 amide bonds. The number of rotatable bonds is 14. The van der Waals surface area contributed by atoms with Crippen molar-refractivity contribution < 1.29 is 28.5 Å². The summed E-state index contributed by atoms with van der Waals surface area (Å²) in [6.45, 7) is 10.1. The van der Waals surface area contributed by atoms with E-state index in [0.29, 0.717) is 44.6 Å². The lowest BCUT2D eigenvalue weighted by molar-refractivity contribution is -0.168. The zero-order valence-corrected chi connectivity index (χ0v) is 20.2. The molecule has 0 saturated heterocycles. The molecule has 8 heteroatoms. The van der Waals surface area contributed by atoms with Crippen molar-refractivity contribution in [2.45, 2.75) is 78.4 Å². The second-order valence-electron chi connectivity index (χ2n) is 10.5. The van der Waals surface area contributed by atoms with Crippen LogP contribution in [-0.2, 0) is 28.5 Å². The van der Waals surface area contributed by atoms with Crippen molar-refractivity contribution in [1.29, 1.82) is 0 Å². The minimum absolute atomic E-state index is 0.0892. The number of hydrogen-bond donors (Lipinski definition) is 2. The first-order valence-corrected chi connectivity index (χ1v) is 12.2. The van der Waals surface area contributed by atoms with Gasteiger partial charge < -0.3 is 29.6 Å². The zero-order valence-electron chi connectivity index (χ0n) is 20.2. The molecule has 4 aliphatic rings. The number of amides is 2. The SMILES string of the molecule is CC(C)OCOCCNC(=O)C12CC3CC(C1)CC(C(=O)NCCOCOC(C)C)(C3)C2. The Kier molecular flexibility index (Phi) is 8.95. The topological polar surface area (TPSA) is 95.1 Å². The molecule has 4 aliphatic carbocycles. The molecule has 4 fully saturated rings. The standard InChI is InChI=1S/C24H42N2O6/c1-17(2)31-15-29-7-5-25-21(27)23-10-19-9-20(11-23)13-24(12-19,14-23)22(28)26-6-8-30-16-32-18(3)4/h17-20H,5-16H2,1-4H3,(H,25,27)(H,26,28). The molecule has 2 N–H and O–H groups in total. The van der Waals surface area contributed by atoms with Gasteiger partial charge in [-0.05, 0) is 78.1 Å². The third-order valence-corrected chi connectivity index (χ3v) is 7.06. The molecule has 0 aromatic carbocycles. The molecule has 4 rings (SSSR count). The highest BCUT2D eigenvalue weighted by Gasteiger charge is 2.62. The Morgan fingerprint density at radius 1 is 0.781 bits per heavy atom. The first-order chi connectivity index (χ1) is 15.2. The first-order valence-electron chi connectivity index (χ1n) is 12.2. The molecule has 0 heterocycles. The summed E-state index contributed by atoms with van der Waals surface area (Å²) in [6, 6.07) is 0. The Bertz CT molecular complexity index is 574. The largest absolute Gasteiger partial charge is 0.354 e. The Morgan fingerprint density at radius 3 is 1.56 bits per heavy atom. The molecule has 4 saturated carbocycles. The van der Waals surface area contributed by atoms with Crippen LogP contribution in [0.3, 0.4) is 0 Å². The number of carbonyl (C=O) groups is 2. The second kappa shape index (κ2) is 11.3. The zero-order chi connectivity index (χ0) is 23.2. The molecule has 0 radical (unpaired) electrons. The average molecular weight is 455 g/mol. The van der Waals surface area contributed by atoms with Crippen LogP contribution in [0.5, 0.6) is 0 Å². The predicted molar refractivity (Wildman–Crippen MR) is 120 cm³/mol. The van der Waals surface area contributed by atoms with Crippen molar-refractivity contribution in [3.05, 3.63) is 0 Å². The van der Waals surface area contributed by atoms with Gasteiger partial charge in [-0.15, -0.1) is 0 Å². The van der Waals surface area contributed by atoms with E-state index in [-0.39, 0.29) is 37.6 Å². The molecule has 0 spiro atoms. The van der Waals surface area contributed by atoms with Gasteiger partial charge >= 0.3 is 0 Å². The summed E-state index contributed by atoms with van der Waals surface area (Å²) >= 11 is 0. The number of nitrogens with one attached hydrogen (secondary N) is 2. The van der Waals surface area contributed by atoms with Crippen LogP contribution in [0.1, 0.15) is 66.2 Å². The summed E-state index contributed by atoms with van der Waals surface area (Å²) in [6.07, 6.45) is 5.65. The minimum atomic E-state index is -0.419. The van der Waals surface area contributed by atoms with E-state index >= 15 is 0 Å². The fourth-order valence-corrected chi connectivity index (χ4v) is 6.13. The van der Waals surface area contributed by atoms with Crippen LogP contribution in [0.25, 0.3) is 0 Å². The molecule has 0 aliphatic heterocycles. The molecule has 0 aromatic heterocycles. The first kappa shape index (κ1) is 25.4. The van der Waals surface area contributed by atoms with Gasteiger partial charge in [0.2, 0.25) is 11.8 Å². The summed E-state index contributed by atoms with van der Waals surface area (Å²) in [5, 5.41) is 6.15. The van der Waals surface area contributed by atoms with Gasteiger partial charge in [0.25, 0.3) is 0 Å². The molecular formula is C24H42N2O6. The van der Waals surface area contributed by atoms with Gasteiger partial charge in [0.15, 0.2) is 0 Å². The van der Waals surface area contributed by atoms with Gasteiger partial charge in [0, 0.05) is 13.1 Å². The number of hydrogen-bond acceptors (Lipinski definition) is 6. The van der Waals surface area contributed by atoms with Crippen LogP contribution < -0.4 is 10.6 Å². The summed E-state index contributed by atoms with van der Waals surface area (Å²) in [5.74, 6) is 1.09. The third-order valence-electron chi connectivity index (χ3n) is 7.06. The number of ether oxygens (including phenoxy) is 4. The summed E-state index contributed by atoms with van der Waals surface area (Å²) < 4.78 is 21.6. The van der Waals surface area contributed by atoms with E-state index in [1.807, 2.05) is 27.7 Å². The van der Waals surface area contributed by atoms with Gasteiger partial charge in [-0.25, -0.2) is 0 Å². The molecule has 4 bridgehead atoms. The minimum Gasteiger partial charge on any atom is -0.354 e. The summed E-state index contributed by atoms with van der Waals surface area (Å²) in [7, 11) is 0. The quantitative estimate of drug-likeness (QED) is 0.309. The molecule has 0 unspecified atom stereocenters. The van der Waals surface area contributed by atoms with Crippen molar-refractivity contribution in [3.8, 4) is 0 Å². The van der Waals surface area contributed by atoms with Crippen LogP contribution in [-0.4, -0.2) is 63.9 Å². The fourth-order valence-electron chi connectivity index (χ4n) is 6.13. The lowest BCUT2D eigenvalue weighted by Gasteiger charge is -2.60. The normalized spacial score (nSPS) is 30.8. The van der Waals surface area contributed by atoms with Crippen molar-refractivity contribution >= 4 is 11.8 Å². The Balaban J connectivity index is 1.48. The van der Waals surface area contributed by atoms with Gasteiger partial charge in [-0.3, -0.25) is 9.59 Å². The maximum Gasteiger partial charge on any atom is 0.226 e. The summed E-state index contributed by atoms with van der Waals surface area (Å²) in [4.78, 5) is 26.5. The Morgan fingerprint density at radius 2 is 1.19 bits per heavy atom. The van der Waals surface area contributed by atoms with E-state index in [1.54, 1.807) is 0 Å². The van der Waals surface area contributed by atoms with Gasteiger partial charge in [-0.1, -0.05) is 0 Å². The van der Waals surface area contributed by atoms with Gasteiger partial charge in [-0.2, -0.15) is 0 Å². The fraction of sp³-hybridized carbons (Fsp3) is 0.917. The highest BCUT2D eigenvalue weighted by atomic mass is 16.7. The van der Waals surface area contributed by atoms with Crippen molar-refractivity contribution in [2.75, 3.05) is 39.9 Å². The van der Waals surface area contributed by atoms with Gasteiger partial charge in [0.1, 0.15) is 13.6 Å². The second-order valence-corrected chi connectivity index (χ2v) is 10.5.